The number of carbonyl (C=O) groups is 1. The number of fused-ring (bicyclic) bond motifs is 2. The van der Waals surface area contributed by atoms with Crippen LogP contribution in [0, 0.1) is 5.82 Å². The molecule has 0 radical (unpaired) electrons. The van der Waals surface area contributed by atoms with Crippen LogP contribution >= 0.6 is 11.6 Å². The number of anilines is 1. The van der Waals surface area contributed by atoms with Gasteiger partial charge in [0.05, 0.1) is 28.3 Å². The van der Waals surface area contributed by atoms with Crippen LogP contribution in [0.1, 0.15) is 15.9 Å². The molecule has 2 aromatic heterocycles. The maximum atomic E-state index is 12.9. The third-order valence-electron chi connectivity index (χ3n) is 6.01. The summed E-state index contributed by atoms with van der Waals surface area (Å²) < 4.78 is 14.4. The molecule has 8 nitrogen and oxygen atoms in total. The van der Waals surface area contributed by atoms with E-state index < -0.39 is 0 Å². The van der Waals surface area contributed by atoms with E-state index in [-0.39, 0.29) is 17.3 Å². The molecule has 5 aromatic rings. The zero-order valence-electron chi connectivity index (χ0n) is 20.3. The van der Waals surface area contributed by atoms with Crippen LogP contribution in [0.4, 0.5) is 10.2 Å². The van der Waals surface area contributed by atoms with Crippen molar-refractivity contribution < 1.29 is 9.18 Å². The van der Waals surface area contributed by atoms with Crippen LogP contribution in [0.25, 0.3) is 16.6 Å². The predicted octanol–water partition coefficient (Wildman–Crippen LogP) is 4.70. The first-order chi connectivity index (χ1) is 18.4. The summed E-state index contributed by atoms with van der Waals surface area (Å²) in [6.07, 6.45) is 4.48. The molecule has 3 aromatic carbocycles. The number of hydrogen-bond acceptors (Lipinski definition) is 6. The van der Waals surface area contributed by atoms with Gasteiger partial charge in [0.25, 0.3) is 11.5 Å². The molecule has 3 heterocycles. The Morgan fingerprint density at radius 3 is 2.47 bits per heavy atom. The quantitative estimate of drug-likeness (QED) is 0.337. The molecule has 0 fully saturated rings. The van der Waals surface area contributed by atoms with Crippen LogP contribution in [-0.4, -0.2) is 44.0 Å². The van der Waals surface area contributed by atoms with E-state index >= 15 is 0 Å². The van der Waals surface area contributed by atoms with Crippen LogP contribution < -0.4 is 10.5 Å². The Kier molecular flexibility index (Phi) is 7.10. The Labute approximate surface area is 222 Å². The lowest BCUT2D eigenvalue weighted by atomic mass is 10.1. The SMILES string of the molecule is CN1CN(Cc2ccc(F)cc2)c2ncncc2C1=O.O=c1c2c(Cl)cccc2ncn1-c1ccccc1. The van der Waals surface area contributed by atoms with Gasteiger partial charge in [0.15, 0.2) is 0 Å². The van der Waals surface area contributed by atoms with Gasteiger partial charge in [-0.05, 0) is 42.0 Å². The van der Waals surface area contributed by atoms with Crippen LogP contribution in [0.2, 0.25) is 5.02 Å². The number of benzene rings is 3. The molecular weight excluding hydrogens is 507 g/mol. The van der Waals surface area contributed by atoms with Crippen molar-refractivity contribution in [2.45, 2.75) is 6.54 Å². The average molecular weight is 529 g/mol. The summed E-state index contributed by atoms with van der Waals surface area (Å²) in [5.74, 6) is 0.269. The first-order valence-electron chi connectivity index (χ1n) is 11.7. The van der Waals surface area contributed by atoms with Gasteiger partial charge in [-0.25, -0.2) is 19.3 Å². The van der Waals surface area contributed by atoms with Crippen molar-refractivity contribution in [1.82, 2.24) is 24.4 Å². The van der Waals surface area contributed by atoms with E-state index in [2.05, 4.69) is 15.0 Å². The largest absolute Gasteiger partial charge is 0.334 e. The number of carbonyl (C=O) groups excluding carboxylic acids is 1. The highest BCUT2D eigenvalue weighted by Crippen LogP contribution is 2.25. The van der Waals surface area contributed by atoms with Gasteiger partial charge in [0, 0.05) is 19.8 Å². The average Bonchev–Trinajstić information content (AvgIpc) is 2.94. The molecule has 0 bridgehead atoms. The fourth-order valence-electron chi connectivity index (χ4n) is 4.15. The third kappa shape index (κ3) is 5.09. The molecule has 0 spiro atoms. The number of aromatic nitrogens is 4. The maximum absolute atomic E-state index is 12.9. The van der Waals surface area contributed by atoms with E-state index in [0.29, 0.717) is 40.5 Å². The summed E-state index contributed by atoms with van der Waals surface area (Å²) in [7, 11) is 1.73. The standard InChI is InChI=1S/C14H9ClN2O.C14H13FN4O/c15-11-7-4-8-12-13(11)14(18)17(9-16-12)10-5-2-1-3-6-10;1-18-9-19(7-10-2-4-11(15)5-3-10)13-12(14(18)20)6-16-8-17-13/h1-9H;2-6,8H,7,9H2,1H3. The lowest BCUT2D eigenvalue weighted by Crippen LogP contribution is -2.44. The van der Waals surface area contributed by atoms with Gasteiger partial charge < -0.3 is 9.80 Å². The van der Waals surface area contributed by atoms with Gasteiger partial charge in [0.2, 0.25) is 0 Å². The minimum Gasteiger partial charge on any atom is -0.334 e. The van der Waals surface area contributed by atoms with Gasteiger partial charge in [-0.3, -0.25) is 14.2 Å². The highest BCUT2D eigenvalue weighted by molar-refractivity contribution is 6.35. The molecule has 38 heavy (non-hydrogen) atoms. The minimum absolute atomic E-state index is 0.0871. The molecule has 0 unspecified atom stereocenters. The fourth-order valence-corrected chi connectivity index (χ4v) is 4.40. The highest BCUT2D eigenvalue weighted by Gasteiger charge is 2.28. The molecule has 6 rings (SSSR count). The van der Waals surface area contributed by atoms with Crippen molar-refractivity contribution >= 4 is 34.2 Å². The fraction of sp³-hybridized carbons (Fsp3) is 0.107. The van der Waals surface area contributed by atoms with Gasteiger partial charge in [-0.1, -0.05) is 48.0 Å². The number of nitrogens with zero attached hydrogens (tertiary/aromatic N) is 6. The number of hydrogen-bond donors (Lipinski definition) is 0. The van der Waals surface area contributed by atoms with Crippen molar-refractivity contribution in [2.24, 2.45) is 0 Å². The predicted molar refractivity (Wildman–Crippen MR) is 144 cm³/mol. The second-order valence-corrected chi connectivity index (χ2v) is 9.03. The van der Waals surface area contributed by atoms with Gasteiger partial charge in [0.1, 0.15) is 29.9 Å². The molecule has 1 amide bonds. The zero-order valence-corrected chi connectivity index (χ0v) is 21.1. The molecule has 0 aliphatic carbocycles. The van der Waals surface area contributed by atoms with Gasteiger partial charge >= 0.3 is 0 Å². The Morgan fingerprint density at radius 1 is 0.947 bits per heavy atom. The Hall–Kier alpha value is -4.63. The monoisotopic (exact) mass is 528 g/mol. The van der Waals surface area contributed by atoms with Crippen molar-refractivity contribution in [1.29, 1.82) is 0 Å². The first kappa shape index (κ1) is 25.0. The molecule has 0 N–H and O–H groups in total. The van der Waals surface area contributed by atoms with Crippen LogP contribution in [-0.2, 0) is 6.54 Å². The summed E-state index contributed by atoms with van der Waals surface area (Å²) in [4.78, 5) is 40.3. The Morgan fingerprint density at radius 2 is 1.71 bits per heavy atom. The molecule has 0 atom stereocenters. The Bertz CT molecular complexity index is 1660. The number of rotatable bonds is 3. The van der Waals surface area contributed by atoms with E-state index in [1.807, 2.05) is 35.2 Å². The Balaban J connectivity index is 0.000000156. The lowest BCUT2D eigenvalue weighted by molar-refractivity contribution is 0.0779. The second kappa shape index (κ2) is 10.8. The first-order valence-corrected chi connectivity index (χ1v) is 12.1. The smallest absolute Gasteiger partial charge is 0.267 e. The van der Waals surface area contributed by atoms with Gasteiger partial charge in [-0.2, -0.15) is 0 Å². The number of amides is 1. The highest BCUT2D eigenvalue weighted by atomic mass is 35.5. The number of para-hydroxylation sites is 1. The van der Waals surface area contributed by atoms with Crippen molar-refractivity contribution in [2.75, 3.05) is 18.6 Å². The van der Waals surface area contributed by atoms with E-state index in [0.717, 1.165) is 11.3 Å². The molecule has 0 saturated carbocycles. The van der Waals surface area contributed by atoms with Crippen molar-refractivity contribution in [3.63, 3.8) is 0 Å². The van der Waals surface area contributed by atoms with Crippen LogP contribution in [0.3, 0.4) is 0 Å². The molecule has 0 saturated heterocycles. The lowest BCUT2D eigenvalue weighted by Gasteiger charge is -2.34. The molecule has 1 aliphatic rings. The van der Waals surface area contributed by atoms with E-state index in [4.69, 9.17) is 11.6 Å². The zero-order chi connectivity index (χ0) is 26.6. The molecule has 190 valence electrons. The van der Waals surface area contributed by atoms with Crippen molar-refractivity contribution in [3.8, 4) is 5.69 Å². The normalized spacial score (nSPS) is 12.7. The van der Waals surface area contributed by atoms with Crippen LogP contribution in [0.5, 0.6) is 0 Å². The summed E-state index contributed by atoms with van der Waals surface area (Å²) >= 11 is 6.07. The number of halogens is 2. The molecular formula is C28H22ClFN6O2. The summed E-state index contributed by atoms with van der Waals surface area (Å²) in [6, 6.07) is 20.9. The van der Waals surface area contributed by atoms with E-state index in [9.17, 15) is 14.0 Å². The van der Waals surface area contributed by atoms with Gasteiger partial charge in [-0.15, -0.1) is 0 Å². The van der Waals surface area contributed by atoms with E-state index in [1.165, 1.54) is 35.6 Å². The second-order valence-electron chi connectivity index (χ2n) is 8.62. The third-order valence-corrected chi connectivity index (χ3v) is 6.32. The maximum Gasteiger partial charge on any atom is 0.267 e. The summed E-state index contributed by atoms with van der Waals surface area (Å²) in [5, 5.41) is 0.876. The minimum atomic E-state index is -0.262. The molecule has 1 aliphatic heterocycles. The summed E-state index contributed by atoms with van der Waals surface area (Å²) in [6.45, 7) is 1.00. The van der Waals surface area contributed by atoms with Crippen molar-refractivity contribution in [3.05, 3.63) is 124 Å². The van der Waals surface area contributed by atoms with E-state index in [1.54, 1.807) is 42.3 Å². The summed E-state index contributed by atoms with van der Waals surface area (Å²) in [5.41, 5.74) is 2.68. The topological polar surface area (TPSA) is 84.2 Å². The molecule has 10 heteroatoms. The van der Waals surface area contributed by atoms with Crippen LogP contribution in [0.15, 0.2) is 96.4 Å².